The standard InChI is InChI=1S/C15H24N2O/c1-15(2,3)11-14(18)17-10-9-13(16)12-7-5-4-6-8-12/h4-8,13H,9-11,16H2,1-3H3,(H,17,18). The van der Waals surface area contributed by atoms with Crippen LogP contribution >= 0.6 is 0 Å². The van der Waals surface area contributed by atoms with E-state index >= 15 is 0 Å². The quantitative estimate of drug-likeness (QED) is 0.841. The van der Waals surface area contributed by atoms with Gasteiger partial charge in [-0.25, -0.2) is 0 Å². The molecule has 1 atom stereocenters. The maximum absolute atomic E-state index is 11.6. The van der Waals surface area contributed by atoms with Crippen LogP contribution < -0.4 is 11.1 Å². The van der Waals surface area contributed by atoms with Crippen molar-refractivity contribution < 1.29 is 4.79 Å². The average molecular weight is 248 g/mol. The number of hydrogen-bond donors (Lipinski definition) is 2. The topological polar surface area (TPSA) is 55.1 Å². The highest BCUT2D eigenvalue weighted by atomic mass is 16.1. The molecule has 3 nitrogen and oxygen atoms in total. The van der Waals surface area contributed by atoms with Crippen LogP contribution in [0.2, 0.25) is 0 Å². The molecule has 1 aromatic carbocycles. The van der Waals surface area contributed by atoms with Gasteiger partial charge in [-0.3, -0.25) is 4.79 Å². The Kier molecular flexibility index (Phi) is 5.35. The van der Waals surface area contributed by atoms with E-state index in [1.54, 1.807) is 0 Å². The third-order valence-corrected chi connectivity index (χ3v) is 2.70. The summed E-state index contributed by atoms with van der Waals surface area (Å²) in [6.07, 6.45) is 1.31. The highest BCUT2D eigenvalue weighted by Crippen LogP contribution is 2.18. The summed E-state index contributed by atoms with van der Waals surface area (Å²) in [5.41, 5.74) is 7.20. The van der Waals surface area contributed by atoms with Crippen molar-refractivity contribution in [2.45, 2.75) is 39.7 Å². The molecule has 0 fully saturated rings. The van der Waals surface area contributed by atoms with Crippen LogP contribution in [0, 0.1) is 5.41 Å². The number of nitrogens with one attached hydrogen (secondary N) is 1. The highest BCUT2D eigenvalue weighted by molar-refractivity contribution is 5.76. The second-order valence-corrected chi connectivity index (χ2v) is 5.89. The van der Waals surface area contributed by atoms with Gasteiger partial charge in [0.05, 0.1) is 0 Å². The minimum Gasteiger partial charge on any atom is -0.356 e. The number of carbonyl (C=O) groups excluding carboxylic acids is 1. The monoisotopic (exact) mass is 248 g/mol. The first-order valence-corrected chi connectivity index (χ1v) is 6.46. The van der Waals surface area contributed by atoms with Crippen LogP contribution in [0.15, 0.2) is 30.3 Å². The SMILES string of the molecule is CC(C)(C)CC(=O)NCCC(N)c1ccccc1. The fraction of sp³-hybridized carbons (Fsp3) is 0.533. The summed E-state index contributed by atoms with van der Waals surface area (Å²) < 4.78 is 0. The normalized spacial score (nSPS) is 13.1. The summed E-state index contributed by atoms with van der Waals surface area (Å²) in [6.45, 7) is 6.80. The predicted molar refractivity (Wildman–Crippen MR) is 75.1 cm³/mol. The van der Waals surface area contributed by atoms with Gasteiger partial charge >= 0.3 is 0 Å². The van der Waals surface area contributed by atoms with Crippen molar-refractivity contribution in [2.75, 3.05) is 6.54 Å². The van der Waals surface area contributed by atoms with Gasteiger partial charge in [0.25, 0.3) is 0 Å². The predicted octanol–water partition coefficient (Wildman–Crippen LogP) is 2.63. The largest absolute Gasteiger partial charge is 0.356 e. The lowest BCUT2D eigenvalue weighted by molar-refractivity contribution is -0.122. The Labute approximate surface area is 110 Å². The van der Waals surface area contributed by atoms with Gasteiger partial charge < -0.3 is 11.1 Å². The Hall–Kier alpha value is -1.35. The zero-order chi connectivity index (χ0) is 13.6. The van der Waals surface area contributed by atoms with Crippen LogP contribution in [-0.2, 0) is 4.79 Å². The molecule has 0 aromatic heterocycles. The molecule has 100 valence electrons. The molecular weight excluding hydrogens is 224 g/mol. The second kappa shape index (κ2) is 6.55. The summed E-state index contributed by atoms with van der Waals surface area (Å²) >= 11 is 0. The molecule has 1 rings (SSSR count). The Morgan fingerprint density at radius 2 is 1.89 bits per heavy atom. The van der Waals surface area contributed by atoms with Crippen LogP contribution in [0.5, 0.6) is 0 Å². The molecule has 3 heteroatoms. The first-order chi connectivity index (χ1) is 8.38. The van der Waals surface area contributed by atoms with Gasteiger partial charge in [-0.15, -0.1) is 0 Å². The van der Waals surface area contributed by atoms with Crippen molar-refractivity contribution in [2.24, 2.45) is 11.1 Å². The summed E-state index contributed by atoms with van der Waals surface area (Å²) in [4.78, 5) is 11.6. The van der Waals surface area contributed by atoms with Crippen molar-refractivity contribution in [3.05, 3.63) is 35.9 Å². The second-order valence-electron chi connectivity index (χ2n) is 5.89. The summed E-state index contributed by atoms with van der Waals surface area (Å²) in [7, 11) is 0. The van der Waals surface area contributed by atoms with Gasteiger partial charge in [-0.1, -0.05) is 51.1 Å². The third-order valence-electron chi connectivity index (χ3n) is 2.70. The van der Waals surface area contributed by atoms with E-state index in [0.29, 0.717) is 13.0 Å². The summed E-state index contributed by atoms with van der Waals surface area (Å²) in [5, 5.41) is 2.92. The van der Waals surface area contributed by atoms with E-state index in [-0.39, 0.29) is 17.4 Å². The Morgan fingerprint density at radius 1 is 1.28 bits per heavy atom. The van der Waals surface area contributed by atoms with Crippen LogP contribution in [0.4, 0.5) is 0 Å². The van der Waals surface area contributed by atoms with Gasteiger partial charge in [0.15, 0.2) is 0 Å². The summed E-state index contributed by atoms with van der Waals surface area (Å²) in [6, 6.07) is 9.95. The third kappa shape index (κ3) is 5.82. The first-order valence-electron chi connectivity index (χ1n) is 6.46. The molecule has 0 bridgehead atoms. The molecule has 1 unspecified atom stereocenters. The van der Waals surface area contributed by atoms with Crippen LogP contribution in [0.3, 0.4) is 0 Å². The number of nitrogens with two attached hydrogens (primary N) is 1. The Balaban J connectivity index is 2.28. The van der Waals surface area contributed by atoms with Crippen molar-refractivity contribution in [3.8, 4) is 0 Å². The van der Waals surface area contributed by atoms with Crippen molar-refractivity contribution in [1.29, 1.82) is 0 Å². The van der Waals surface area contributed by atoms with E-state index in [9.17, 15) is 4.79 Å². The smallest absolute Gasteiger partial charge is 0.220 e. The van der Waals surface area contributed by atoms with Crippen LogP contribution in [0.1, 0.15) is 45.2 Å². The van der Waals surface area contributed by atoms with E-state index in [1.807, 2.05) is 30.3 Å². The number of benzene rings is 1. The van der Waals surface area contributed by atoms with E-state index in [1.165, 1.54) is 0 Å². The highest BCUT2D eigenvalue weighted by Gasteiger charge is 2.15. The molecule has 0 aliphatic rings. The Morgan fingerprint density at radius 3 is 2.44 bits per heavy atom. The van der Waals surface area contributed by atoms with Crippen LogP contribution in [0.25, 0.3) is 0 Å². The molecule has 0 saturated carbocycles. The molecular formula is C15H24N2O. The molecule has 0 aliphatic carbocycles. The van der Waals surface area contributed by atoms with Gasteiger partial charge in [0.1, 0.15) is 0 Å². The number of rotatable bonds is 5. The average Bonchev–Trinajstić information content (AvgIpc) is 2.27. The maximum atomic E-state index is 11.6. The number of amides is 1. The summed E-state index contributed by atoms with van der Waals surface area (Å²) in [5.74, 6) is 0.0998. The molecule has 0 heterocycles. The zero-order valence-electron chi connectivity index (χ0n) is 11.6. The lowest BCUT2D eigenvalue weighted by Crippen LogP contribution is -2.30. The van der Waals surface area contributed by atoms with Gasteiger partial charge in [-0.2, -0.15) is 0 Å². The zero-order valence-corrected chi connectivity index (χ0v) is 11.6. The fourth-order valence-corrected chi connectivity index (χ4v) is 1.78. The molecule has 0 aliphatic heterocycles. The molecule has 3 N–H and O–H groups in total. The number of hydrogen-bond acceptors (Lipinski definition) is 2. The van der Waals surface area contributed by atoms with E-state index in [4.69, 9.17) is 5.73 Å². The fourth-order valence-electron chi connectivity index (χ4n) is 1.78. The van der Waals surface area contributed by atoms with Crippen molar-refractivity contribution in [3.63, 3.8) is 0 Å². The first kappa shape index (κ1) is 14.7. The van der Waals surface area contributed by atoms with Crippen LogP contribution in [-0.4, -0.2) is 12.5 Å². The molecule has 1 amide bonds. The minimum atomic E-state index is -0.0128. The van der Waals surface area contributed by atoms with Gasteiger partial charge in [0.2, 0.25) is 5.91 Å². The molecule has 0 saturated heterocycles. The lowest BCUT2D eigenvalue weighted by atomic mass is 9.92. The molecule has 18 heavy (non-hydrogen) atoms. The van der Waals surface area contributed by atoms with Crippen molar-refractivity contribution in [1.82, 2.24) is 5.32 Å². The maximum Gasteiger partial charge on any atom is 0.220 e. The number of carbonyl (C=O) groups is 1. The van der Waals surface area contributed by atoms with E-state index < -0.39 is 0 Å². The molecule has 0 radical (unpaired) electrons. The van der Waals surface area contributed by atoms with E-state index in [0.717, 1.165) is 12.0 Å². The lowest BCUT2D eigenvalue weighted by Gasteiger charge is -2.18. The van der Waals surface area contributed by atoms with Gasteiger partial charge in [-0.05, 0) is 17.4 Å². The van der Waals surface area contributed by atoms with Gasteiger partial charge in [0, 0.05) is 19.0 Å². The molecule has 0 spiro atoms. The van der Waals surface area contributed by atoms with Crippen molar-refractivity contribution >= 4 is 5.91 Å². The minimum absolute atomic E-state index is 0.0128. The molecule has 1 aromatic rings. The van der Waals surface area contributed by atoms with E-state index in [2.05, 4.69) is 26.1 Å². The Bertz CT molecular complexity index is 368.